The first-order valence-electron chi connectivity index (χ1n) is 7.05. The Morgan fingerprint density at radius 2 is 1.71 bits per heavy atom. The molecule has 0 aromatic heterocycles. The number of benzene rings is 2. The molecular formula is C17H19Cl2NO. The van der Waals surface area contributed by atoms with Crippen LogP contribution < -0.4 is 10.1 Å². The van der Waals surface area contributed by atoms with Crippen LogP contribution in [0.1, 0.15) is 18.1 Å². The number of ether oxygens (including phenoxy) is 1. The summed E-state index contributed by atoms with van der Waals surface area (Å²) in [6.45, 7) is 4.26. The Bertz CT molecular complexity index is 570. The van der Waals surface area contributed by atoms with Gasteiger partial charge in [-0.3, -0.25) is 0 Å². The highest BCUT2D eigenvalue weighted by molar-refractivity contribution is 6.30. The summed E-state index contributed by atoms with van der Waals surface area (Å²) in [5.41, 5.74) is 2.35. The molecule has 21 heavy (non-hydrogen) atoms. The van der Waals surface area contributed by atoms with Gasteiger partial charge in [0.25, 0.3) is 0 Å². The van der Waals surface area contributed by atoms with Crippen LogP contribution in [0.4, 0.5) is 0 Å². The van der Waals surface area contributed by atoms with Crippen molar-refractivity contribution < 1.29 is 4.74 Å². The lowest BCUT2D eigenvalue weighted by Gasteiger charge is -2.11. The molecule has 2 nitrogen and oxygen atoms in total. The van der Waals surface area contributed by atoms with Gasteiger partial charge in [-0.25, -0.2) is 0 Å². The van der Waals surface area contributed by atoms with Gasteiger partial charge in [0.2, 0.25) is 0 Å². The number of hydrogen-bond donors (Lipinski definition) is 1. The molecule has 2 rings (SSSR count). The Balaban J connectivity index is 1.85. The molecule has 0 bridgehead atoms. The van der Waals surface area contributed by atoms with E-state index in [1.165, 1.54) is 5.56 Å². The van der Waals surface area contributed by atoms with Gasteiger partial charge >= 0.3 is 0 Å². The zero-order valence-electron chi connectivity index (χ0n) is 12.0. The quantitative estimate of drug-likeness (QED) is 0.744. The summed E-state index contributed by atoms with van der Waals surface area (Å²) in [6.07, 6.45) is 0.960. The van der Waals surface area contributed by atoms with Crippen LogP contribution in [0, 0.1) is 0 Å². The highest BCUT2D eigenvalue weighted by atomic mass is 35.5. The molecule has 0 unspecified atom stereocenters. The molecule has 0 saturated heterocycles. The van der Waals surface area contributed by atoms with E-state index in [0.717, 1.165) is 40.9 Å². The lowest BCUT2D eigenvalue weighted by molar-refractivity contribution is 0.335. The molecule has 2 aromatic rings. The number of halogens is 2. The van der Waals surface area contributed by atoms with E-state index in [1.807, 2.05) is 37.3 Å². The minimum Gasteiger partial charge on any atom is -0.494 e. The minimum atomic E-state index is 0.652. The molecule has 0 amide bonds. The summed E-state index contributed by atoms with van der Waals surface area (Å²) < 4.78 is 5.61. The monoisotopic (exact) mass is 323 g/mol. The van der Waals surface area contributed by atoms with Crippen molar-refractivity contribution in [3.05, 3.63) is 63.6 Å². The number of rotatable bonds is 7. The smallest absolute Gasteiger partial charge is 0.123 e. The van der Waals surface area contributed by atoms with Crippen molar-refractivity contribution in [3.8, 4) is 5.75 Å². The van der Waals surface area contributed by atoms with Crippen LogP contribution in [0.5, 0.6) is 5.75 Å². The predicted octanol–water partition coefficient (Wildman–Crippen LogP) is 4.72. The number of nitrogens with one attached hydrogen (secondary N) is 1. The van der Waals surface area contributed by atoms with Crippen LogP contribution in [0.25, 0.3) is 0 Å². The molecule has 0 aliphatic rings. The van der Waals surface area contributed by atoms with E-state index in [1.54, 1.807) is 0 Å². The average molecular weight is 324 g/mol. The Morgan fingerprint density at radius 1 is 1.00 bits per heavy atom. The van der Waals surface area contributed by atoms with Crippen molar-refractivity contribution in [1.82, 2.24) is 5.32 Å². The van der Waals surface area contributed by atoms with Crippen molar-refractivity contribution in [2.75, 3.05) is 13.2 Å². The van der Waals surface area contributed by atoms with E-state index < -0.39 is 0 Å². The maximum Gasteiger partial charge on any atom is 0.123 e. The van der Waals surface area contributed by atoms with Crippen molar-refractivity contribution in [2.45, 2.75) is 19.9 Å². The molecule has 0 radical (unpaired) electrons. The molecule has 0 heterocycles. The standard InChI is InChI=1S/C17H19Cl2NO/c1-2-21-17-8-7-16(19)11-14(17)12-20-10-9-13-3-5-15(18)6-4-13/h3-8,11,20H,2,9-10,12H2,1H3. The second-order valence-corrected chi connectivity index (χ2v) is 5.61. The lowest BCUT2D eigenvalue weighted by atomic mass is 10.1. The van der Waals surface area contributed by atoms with Crippen LogP contribution in [-0.4, -0.2) is 13.2 Å². The largest absolute Gasteiger partial charge is 0.494 e. The van der Waals surface area contributed by atoms with Gasteiger partial charge < -0.3 is 10.1 Å². The van der Waals surface area contributed by atoms with Crippen molar-refractivity contribution in [3.63, 3.8) is 0 Å². The maximum atomic E-state index is 6.04. The number of hydrogen-bond acceptors (Lipinski definition) is 2. The van der Waals surface area contributed by atoms with E-state index in [-0.39, 0.29) is 0 Å². The average Bonchev–Trinajstić information content (AvgIpc) is 2.48. The van der Waals surface area contributed by atoms with E-state index >= 15 is 0 Å². The molecule has 4 heteroatoms. The third-order valence-electron chi connectivity index (χ3n) is 3.14. The summed E-state index contributed by atoms with van der Waals surface area (Å²) in [6, 6.07) is 13.7. The molecule has 0 aliphatic carbocycles. The predicted molar refractivity (Wildman–Crippen MR) is 89.5 cm³/mol. The van der Waals surface area contributed by atoms with Gasteiger partial charge in [-0.15, -0.1) is 0 Å². The topological polar surface area (TPSA) is 21.3 Å². The lowest BCUT2D eigenvalue weighted by Crippen LogP contribution is -2.17. The summed E-state index contributed by atoms with van der Waals surface area (Å²) in [5, 5.41) is 4.92. The zero-order chi connectivity index (χ0) is 15.1. The van der Waals surface area contributed by atoms with E-state index in [2.05, 4.69) is 17.4 Å². The van der Waals surface area contributed by atoms with Gasteiger partial charge in [0.05, 0.1) is 6.61 Å². The first-order valence-corrected chi connectivity index (χ1v) is 7.81. The molecule has 0 atom stereocenters. The molecule has 0 spiro atoms. The van der Waals surface area contributed by atoms with E-state index in [4.69, 9.17) is 27.9 Å². The Morgan fingerprint density at radius 3 is 2.43 bits per heavy atom. The van der Waals surface area contributed by atoms with Gasteiger partial charge in [-0.1, -0.05) is 35.3 Å². The summed E-state index contributed by atoms with van der Waals surface area (Å²) in [7, 11) is 0. The molecule has 112 valence electrons. The van der Waals surface area contributed by atoms with Gasteiger partial charge in [0, 0.05) is 22.2 Å². The highest BCUT2D eigenvalue weighted by Crippen LogP contribution is 2.22. The van der Waals surface area contributed by atoms with Crippen molar-refractivity contribution >= 4 is 23.2 Å². The molecule has 2 aromatic carbocycles. The fourth-order valence-electron chi connectivity index (χ4n) is 2.09. The van der Waals surface area contributed by atoms with Gasteiger partial charge in [-0.2, -0.15) is 0 Å². The minimum absolute atomic E-state index is 0.652. The fraction of sp³-hybridized carbons (Fsp3) is 0.294. The van der Waals surface area contributed by atoms with E-state index in [9.17, 15) is 0 Å². The Labute approximate surface area is 136 Å². The second kappa shape index (κ2) is 8.28. The summed E-state index contributed by atoms with van der Waals surface area (Å²) in [5.74, 6) is 0.890. The van der Waals surface area contributed by atoms with Gasteiger partial charge in [0.15, 0.2) is 0 Å². The molecule has 0 fully saturated rings. The highest BCUT2D eigenvalue weighted by Gasteiger charge is 2.04. The van der Waals surface area contributed by atoms with Crippen LogP contribution in [0.2, 0.25) is 10.0 Å². The summed E-state index contributed by atoms with van der Waals surface area (Å²) >= 11 is 11.9. The molecular weight excluding hydrogens is 305 g/mol. The molecule has 1 N–H and O–H groups in total. The van der Waals surface area contributed by atoms with Gasteiger partial charge in [-0.05, 0) is 55.8 Å². The second-order valence-electron chi connectivity index (χ2n) is 4.74. The zero-order valence-corrected chi connectivity index (χ0v) is 13.5. The maximum absolute atomic E-state index is 6.04. The van der Waals surface area contributed by atoms with Crippen LogP contribution in [0.15, 0.2) is 42.5 Å². The fourth-order valence-corrected chi connectivity index (χ4v) is 2.41. The Kier molecular flexibility index (Phi) is 6.37. The molecule has 0 aliphatic heterocycles. The SMILES string of the molecule is CCOc1ccc(Cl)cc1CNCCc1ccc(Cl)cc1. The van der Waals surface area contributed by atoms with Crippen LogP contribution >= 0.6 is 23.2 Å². The van der Waals surface area contributed by atoms with Crippen LogP contribution in [0.3, 0.4) is 0 Å². The molecule has 0 saturated carbocycles. The Hall–Kier alpha value is -1.22. The summed E-state index contributed by atoms with van der Waals surface area (Å²) in [4.78, 5) is 0. The van der Waals surface area contributed by atoms with Gasteiger partial charge in [0.1, 0.15) is 5.75 Å². The normalized spacial score (nSPS) is 10.6. The van der Waals surface area contributed by atoms with Crippen molar-refractivity contribution in [2.24, 2.45) is 0 Å². The first kappa shape index (κ1) is 16.2. The van der Waals surface area contributed by atoms with E-state index in [0.29, 0.717) is 6.61 Å². The third kappa shape index (κ3) is 5.24. The van der Waals surface area contributed by atoms with Crippen molar-refractivity contribution in [1.29, 1.82) is 0 Å². The third-order valence-corrected chi connectivity index (χ3v) is 3.63. The van der Waals surface area contributed by atoms with Crippen LogP contribution in [-0.2, 0) is 13.0 Å². The first-order chi connectivity index (χ1) is 10.2.